The van der Waals surface area contributed by atoms with Crippen molar-refractivity contribution >= 4 is 10.0 Å². The molecule has 3 atom stereocenters. The van der Waals surface area contributed by atoms with Crippen molar-refractivity contribution < 1.29 is 13.2 Å². The molecule has 0 aromatic heterocycles. The summed E-state index contributed by atoms with van der Waals surface area (Å²) in [5.41, 5.74) is 1.21. The number of rotatable bonds is 4. The average molecular weight is 310 g/mol. The molecule has 0 spiro atoms. The summed E-state index contributed by atoms with van der Waals surface area (Å²) >= 11 is 0. The van der Waals surface area contributed by atoms with Crippen LogP contribution in [0, 0.1) is 11.3 Å². The van der Waals surface area contributed by atoms with Crippen molar-refractivity contribution in [2.24, 2.45) is 16.5 Å². The van der Waals surface area contributed by atoms with Crippen molar-refractivity contribution in [3.05, 3.63) is 29.8 Å². The van der Waals surface area contributed by atoms with Gasteiger partial charge in [0.2, 0.25) is 10.0 Å². The van der Waals surface area contributed by atoms with E-state index in [2.05, 4.69) is 19.2 Å². The van der Waals surface area contributed by atoms with Gasteiger partial charge in [-0.2, -0.15) is 0 Å². The lowest BCUT2D eigenvalue weighted by molar-refractivity contribution is -0.113. The second kappa shape index (κ2) is 5.05. The van der Waals surface area contributed by atoms with E-state index in [4.69, 9.17) is 9.88 Å². The molecule has 0 bridgehead atoms. The third kappa shape index (κ3) is 2.61. The maximum Gasteiger partial charge on any atom is 0.238 e. The summed E-state index contributed by atoms with van der Waals surface area (Å²) in [5.74, 6) is 0.601. The zero-order chi connectivity index (χ0) is 15.3. The number of hydrogen-bond donors (Lipinski definition) is 2. The van der Waals surface area contributed by atoms with Crippen LogP contribution in [0.3, 0.4) is 0 Å². The number of nitrogens with one attached hydrogen (secondary N) is 1. The molecule has 1 saturated carbocycles. The first-order valence-corrected chi connectivity index (χ1v) is 8.81. The lowest BCUT2D eigenvalue weighted by Gasteiger charge is -2.55. The van der Waals surface area contributed by atoms with E-state index in [0.717, 1.165) is 25.1 Å². The predicted octanol–water partition coefficient (Wildman–Crippen LogP) is 1.24. The average Bonchev–Trinajstić information content (AvgIpc) is 2.85. The first-order valence-electron chi connectivity index (χ1n) is 7.27. The largest absolute Gasteiger partial charge is 0.377 e. The lowest BCUT2D eigenvalue weighted by atomic mass is 9.57. The number of benzene rings is 1. The molecule has 6 heteroatoms. The van der Waals surface area contributed by atoms with Crippen LogP contribution in [-0.2, 0) is 21.3 Å². The van der Waals surface area contributed by atoms with Crippen LogP contribution < -0.4 is 10.5 Å². The molecule has 3 N–H and O–H groups in total. The minimum absolute atomic E-state index is 0.152. The molecule has 2 aliphatic rings. The molecule has 5 nitrogen and oxygen atoms in total. The van der Waals surface area contributed by atoms with Crippen LogP contribution in [-0.4, -0.2) is 27.2 Å². The van der Waals surface area contributed by atoms with E-state index in [1.165, 1.54) is 0 Å². The second-order valence-electron chi connectivity index (χ2n) is 6.61. The summed E-state index contributed by atoms with van der Waals surface area (Å²) in [4.78, 5) is 0.152. The highest BCUT2D eigenvalue weighted by atomic mass is 32.2. The summed E-state index contributed by atoms with van der Waals surface area (Å²) < 4.78 is 28.2. The lowest BCUT2D eigenvalue weighted by Crippen LogP contribution is -2.65. The molecule has 1 heterocycles. The highest BCUT2D eigenvalue weighted by molar-refractivity contribution is 7.89. The van der Waals surface area contributed by atoms with E-state index in [9.17, 15) is 8.42 Å². The van der Waals surface area contributed by atoms with Crippen molar-refractivity contribution in [2.75, 3.05) is 6.61 Å². The van der Waals surface area contributed by atoms with Crippen LogP contribution in [0.25, 0.3) is 0 Å². The topological polar surface area (TPSA) is 81.4 Å². The zero-order valence-electron chi connectivity index (χ0n) is 12.4. The van der Waals surface area contributed by atoms with E-state index in [1.54, 1.807) is 24.3 Å². The van der Waals surface area contributed by atoms with E-state index >= 15 is 0 Å². The first kappa shape index (κ1) is 15.0. The molecule has 1 saturated heterocycles. The summed E-state index contributed by atoms with van der Waals surface area (Å²) in [6, 6.07) is 7.17. The molecule has 21 heavy (non-hydrogen) atoms. The Labute approximate surface area is 125 Å². The Bertz CT molecular complexity index is 625. The van der Waals surface area contributed by atoms with Crippen LogP contribution in [0.2, 0.25) is 0 Å². The Morgan fingerprint density at radius 3 is 2.62 bits per heavy atom. The molecule has 0 amide bonds. The van der Waals surface area contributed by atoms with Crippen LogP contribution in [0.5, 0.6) is 0 Å². The minimum Gasteiger partial charge on any atom is -0.377 e. The predicted molar refractivity (Wildman–Crippen MR) is 80.1 cm³/mol. The monoisotopic (exact) mass is 310 g/mol. The van der Waals surface area contributed by atoms with Crippen molar-refractivity contribution in [3.63, 3.8) is 0 Å². The second-order valence-corrected chi connectivity index (χ2v) is 8.17. The number of primary sulfonamides is 1. The molecular weight excluding hydrogens is 288 g/mol. The van der Waals surface area contributed by atoms with Gasteiger partial charge in [0.05, 0.1) is 11.0 Å². The number of fused-ring (bicyclic) bond motifs is 1. The van der Waals surface area contributed by atoms with E-state index in [1.807, 2.05) is 0 Å². The first-order chi connectivity index (χ1) is 9.80. The highest BCUT2D eigenvalue weighted by Crippen LogP contribution is 2.52. The fourth-order valence-corrected chi connectivity index (χ4v) is 4.28. The Morgan fingerprint density at radius 1 is 1.33 bits per heavy atom. The van der Waals surface area contributed by atoms with Crippen molar-refractivity contribution in [3.8, 4) is 0 Å². The quantitative estimate of drug-likeness (QED) is 0.876. The van der Waals surface area contributed by atoms with Crippen LogP contribution in [0.15, 0.2) is 29.2 Å². The Kier molecular flexibility index (Phi) is 3.60. The van der Waals surface area contributed by atoms with E-state index < -0.39 is 10.0 Å². The van der Waals surface area contributed by atoms with Gasteiger partial charge in [-0.3, -0.25) is 0 Å². The van der Waals surface area contributed by atoms with Crippen molar-refractivity contribution in [2.45, 2.75) is 43.9 Å². The maximum atomic E-state index is 11.2. The Morgan fingerprint density at radius 2 is 2.00 bits per heavy atom. The molecule has 116 valence electrons. The van der Waals surface area contributed by atoms with Gasteiger partial charge in [-0.15, -0.1) is 0 Å². The van der Waals surface area contributed by atoms with Gasteiger partial charge in [0, 0.05) is 30.5 Å². The van der Waals surface area contributed by atoms with Crippen molar-refractivity contribution in [1.82, 2.24) is 5.32 Å². The van der Waals surface area contributed by atoms with Gasteiger partial charge in [-0.05, 0) is 24.1 Å². The van der Waals surface area contributed by atoms with Crippen LogP contribution in [0.1, 0.15) is 25.8 Å². The van der Waals surface area contributed by atoms with Gasteiger partial charge in [-0.1, -0.05) is 26.0 Å². The van der Waals surface area contributed by atoms with Crippen LogP contribution in [0.4, 0.5) is 0 Å². The van der Waals surface area contributed by atoms with Crippen molar-refractivity contribution in [1.29, 1.82) is 0 Å². The highest BCUT2D eigenvalue weighted by Gasteiger charge is 2.58. The summed E-state index contributed by atoms with van der Waals surface area (Å²) in [6.07, 6.45) is 1.50. The summed E-state index contributed by atoms with van der Waals surface area (Å²) in [6.45, 7) is 6.06. The maximum absolute atomic E-state index is 11.2. The van der Waals surface area contributed by atoms with Gasteiger partial charge in [-0.25, -0.2) is 13.6 Å². The molecular formula is C15H22N2O3S. The van der Waals surface area contributed by atoms with Gasteiger partial charge in [0.1, 0.15) is 0 Å². The van der Waals surface area contributed by atoms with Gasteiger partial charge in [0.15, 0.2) is 0 Å². The van der Waals surface area contributed by atoms with Crippen LogP contribution >= 0.6 is 0 Å². The summed E-state index contributed by atoms with van der Waals surface area (Å²) in [7, 11) is -3.61. The van der Waals surface area contributed by atoms with Gasteiger partial charge >= 0.3 is 0 Å². The number of hydrogen-bond acceptors (Lipinski definition) is 4. The molecule has 2 fully saturated rings. The Hall–Kier alpha value is -0.950. The molecule has 1 aliphatic carbocycles. The third-order valence-corrected chi connectivity index (χ3v) is 5.81. The standard InChI is InChI=1S/C15H22N2O3S/c1-15(2)13(12-7-8-20-14(12)15)17-9-10-3-5-11(6-4-10)21(16,18)19/h3-6,12-14,17H,7-9H2,1-2H3,(H2,16,18,19). The number of nitrogens with two attached hydrogens (primary N) is 1. The number of sulfonamides is 1. The smallest absolute Gasteiger partial charge is 0.238 e. The van der Waals surface area contributed by atoms with E-state index in [0.29, 0.717) is 18.1 Å². The molecule has 1 aliphatic heterocycles. The molecule has 1 aromatic rings. The molecule has 1 aromatic carbocycles. The molecule has 0 radical (unpaired) electrons. The Balaban J connectivity index is 1.63. The number of ether oxygens (including phenoxy) is 1. The fourth-order valence-electron chi connectivity index (χ4n) is 3.76. The SMILES string of the molecule is CC1(C)C(NCc2ccc(S(N)(=O)=O)cc2)C2CCOC21. The van der Waals surface area contributed by atoms with Gasteiger partial charge in [0.25, 0.3) is 0 Å². The normalized spacial score (nSPS) is 30.7. The minimum atomic E-state index is -3.61. The zero-order valence-corrected chi connectivity index (χ0v) is 13.2. The van der Waals surface area contributed by atoms with Gasteiger partial charge < -0.3 is 10.1 Å². The molecule has 3 rings (SSSR count). The summed E-state index contributed by atoms with van der Waals surface area (Å²) in [5, 5.41) is 8.69. The fraction of sp³-hybridized carbons (Fsp3) is 0.600. The molecule has 3 unspecified atom stereocenters. The third-order valence-electron chi connectivity index (χ3n) is 4.88. The van der Waals surface area contributed by atoms with E-state index in [-0.39, 0.29) is 10.3 Å².